The zero-order chi connectivity index (χ0) is 13.0. The van der Waals surface area contributed by atoms with E-state index in [4.69, 9.17) is 4.74 Å². The lowest BCUT2D eigenvalue weighted by molar-refractivity contribution is 0.0260. The third kappa shape index (κ3) is 3.94. The second-order valence-electron chi connectivity index (χ2n) is 6.53. The summed E-state index contributed by atoms with van der Waals surface area (Å²) in [7, 11) is 2.28. The van der Waals surface area contributed by atoms with Gasteiger partial charge in [0.15, 0.2) is 0 Å². The number of nitrogens with one attached hydrogen (secondary N) is 1. The molecule has 0 aromatic heterocycles. The molecule has 0 aromatic carbocycles. The highest BCUT2D eigenvalue weighted by Crippen LogP contribution is 2.31. The molecular weight excluding hydrogens is 224 g/mol. The Labute approximate surface area is 112 Å². The average molecular weight is 254 g/mol. The Morgan fingerprint density at radius 3 is 2.67 bits per heavy atom. The Morgan fingerprint density at radius 1 is 1.28 bits per heavy atom. The van der Waals surface area contributed by atoms with Crippen LogP contribution in [0.25, 0.3) is 0 Å². The largest absolute Gasteiger partial charge is 0.377 e. The first-order valence-electron chi connectivity index (χ1n) is 7.69. The molecule has 0 amide bonds. The fourth-order valence-electron chi connectivity index (χ4n) is 3.17. The summed E-state index contributed by atoms with van der Waals surface area (Å²) in [6, 6.07) is 0.786. The molecule has 1 N–H and O–H groups in total. The Kier molecular flexibility index (Phi) is 5.46. The monoisotopic (exact) mass is 254 g/mol. The normalized spacial score (nSPS) is 32.2. The van der Waals surface area contributed by atoms with Crippen LogP contribution in [-0.2, 0) is 4.74 Å². The van der Waals surface area contributed by atoms with Gasteiger partial charge in [0.2, 0.25) is 0 Å². The minimum Gasteiger partial charge on any atom is -0.377 e. The molecule has 1 aliphatic heterocycles. The number of likely N-dealkylation sites (N-methyl/N-ethyl adjacent to an activating group) is 1. The second-order valence-corrected chi connectivity index (χ2v) is 6.53. The Hall–Kier alpha value is -0.120. The van der Waals surface area contributed by atoms with Gasteiger partial charge in [-0.2, -0.15) is 0 Å². The highest BCUT2D eigenvalue weighted by atomic mass is 16.5. The molecule has 0 spiro atoms. The number of rotatable bonds is 7. The molecule has 3 nitrogen and oxygen atoms in total. The summed E-state index contributed by atoms with van der Waals surface area (Å²) < 4.78 is 5.73. The highest BCUT2D eigenvalue weighted by molar-refractivity contribution is 4.90. The van der Waals surface area contributed by atoms with Gasteiger partial charge in [-0.25, -0.2) is 0 Å². The maximum Gasteiger partial charge on any atom is 0.0702 e. The lowest BCUT2D eigenvalue weighted by atomic mass is 9.78. The predicted molar refractivity (Wildman–Crippen MR) is 75.8 cm³/mol. The molecular formula is C15H30N2O. The number of nitrogens with zero attached hydrogens (tertiary/aromatic N) is 1. The van der Waals surface area contributed by atoms with E-state index in [1.165, 1.54) is 32.2 Å². The lowest BCUT2D eigenvalue weighted by Crippen LogP contribution is -2.51. The molecule has 3 heteroatoms. The summed E-state index contributed by atoms with van der Waals surface area (Å²) in [6.07, 6.45) is 5.78. The molecule has 1 aliphatic carbocycles. The van der Waals surface area contributed by atoms with Crippen molar-refractivity contribution < 1.29 is 4.74 Å². The zero-order valence-electron chi connectivity index (χ0n) is 12.3. The van der Waals surface area contributed by atoms with E-state index in [0.717, 1.165) is 37.6 Å². The van der Waals surface area contributed by atoms with Gasteiger partial charge in [0.05, 0.1) is 6.10 Å². The molecule has 0 radical (unpaired) electrons. The molecule has 18 heavy (non-hydrogen) atoms. The first-order valence-corrected chi connectivity index (χ1v) is 7.69. The van der Waals surface area contributed by atoms with Crippen molar-refractivity contribution in [3.63, 3.8) is 0 Å². The maximum atomic E-state index is 5.73. The molecule has 3 unspecified atom stereocenters. The van der Waals surface area contributed by atoms with Crippen LogP contribution in [0.15, 0.2) is 0 Å². The SMILES string of the molecule is CC(C)CNCC1CCC1N(C)CC1CCCO1. The van der Waals surface area contributed by atoms with Crippen LogP contribution in [0, 0.1) is 11.8 Å². The van der Waals surface area contributed by atoms with Crippen LogP contribution in [0.5, 0.6) is 0 Å². The summed E-state index contributed by atoms with van der Waals surface area (Å²) in [5.74, 6) is 1.61. The van der Waals surface area contributed by atoms with E-state index in [1.807, 2.05) is 0 Å². The quantitative estimate of drug-likeness (QED) is 0.753. The molecule has 1 saturated carbocycles. The third-order valence-electron chi connectivity index (χ3n) is 4.42. The summed E-state index contributed by atoms with van der Waals surface area (Å²) in [5, 5.41) is 3.61. The van der Waals surface area contributed by atoms with Gasteiger partial charge in [-0.1, -0.05) is 13.8 Å². The smallest absolute Gasteiger partial charge is 0.0702 e. The number of hydrogen-bond donors (Lipinski definition) is 1. The predicted octanol–water partition coefficient (Wildman–Crippen LogP) is 2.12. The third-order valence-corrected chi connectivity index (χ3v) is 4.42. The lowest BCUT2D eigenvalue weighted by Gasteiger charge is -2.43. The highest BCUT2D eigenvalue weighted by Gasteiger charge is 2.34. The van der Waals surface area contributed by atoms with Crippen LogP contribution in [0.4, 0.5) is 0 Å². The van der Waals surface area contributed by atoms with E-state index < -0.39 is 0 Å². The molecule has 0 bridgehead atoms. The van der Waals surface area contributed by atoms with Gasteiger partial charge < -0.3 is 15.0 Å². The van der Waals surface area contributed by atoms with Crippen LogP contribution >= 0.6 is 0 Å². The molecule has 3 atom stereocenters. The molecule has 1 heterocycles. The van der Waals surface area contributed by atoms with E-state index in [-0.39, 0.29) is 0 Å². The van der Waals surface area contributed by atoms with Gasteiger partial charge in [0, 0.05) is 19.2 Å². The summed E-state index contributed by atoms with van der Waals surface area (Å²) in [4.78, 5) is 2.54. The van der Waals surface area contributed by atoms with Crippen LogP contribution in [0.2, 0.25) is 0 Å². The molecule has 2 rings (SSSR count). The van der Waals surface area contributed by atoms with Crippen molar-refractivity contribution in [1.29, 1.82) is 0 Å². The first kappa shape index (κ1) is 14.3. The molecule has 106 valence electrons. The minimum atomic E-state index is 0.500. The fourth-order valence-corrected chi connectivity index (χ4v) is 3.17. The Bertz CT molecular complexity index is 239. The van der Waals surface area contributed by atoms with E-state index in [9.17, 15) is 0 Å². The average Bonchev–Trinajstić information content (AvgIpc) is 2.74. The molecule has 0 aromatic rings. The summed E-state index contributed by atoms with van der Waals surface area (Å²) in [6.45, 7) is 8.99. The molecule has 1 saturated heterocycles. The Balaban J connectivity index is 1.65. The van der Waals surface area contributed by atoms with E-state index in [1.54, 1.807) is 0 Å². The standard InChI is InChI=1S/C15H30N2O/c1-12(2)9-16-10-13-6-7-15(13)17(3)11-14-5-4-8-18-14/h12-16H,4-11H2,1-3H3. The van der Waals surface area contributed by atoms with Gasteiger partial charge in [-0.15, -0.1) is 0 Å². The number of hydrogen-bond acceptors (Lipinski definition) is 3. The van der Waals surface area contributed by atoms with Crippen molar-refractivity contribution in [2.75, 3.05) is 33.3 Å². The van der Waals surface area contributed by atoms with Gasteiger partial charge >= 0.3 is 0 Å². The maximum absolute atomic E-state index is 5.73. The van der Waals surface area contributed by atoms with E-state index in [0.29, 0.717) is 6.10 Å². The van der Waals surface area contributed by atoms with E-state index in [2.05, 4.69) is 31.1 Å². The molecule has 2 aliphatic rings. The van der Waals surface area contributed by atoms with Crippen molar-refractivity contribution in [1.82, 2.24) is 10.2 Å². The van der Waals surface area contributed by atoms with Gasteiger partial charge in [-0.3, -0.25) is 0 Å². The van der Waals surface area contributed by atoms with Crippen LogP contribution < -0.4 is 5.32 Å². The van der Waals surface area contributed by atoms with Crippen molar-refractivity contribution in [3.8, 4) is 0 Å². The van der Waals surface area contributed by atoms with Crippen LogP contribution in [0.1, 0.15) is 39.5 Å². The van der Waals surface area contributed by atoms with Gasteiger partial charge in [0.1, 0.15) is 0 Å². The van der Waals surface area contributed by atoms with Crippen molar-refractivity contribution in [2.24, 2.45) is 11.8 Å². The fraction of sp³-hybridized carbons (Fsp3) is 1.00. The van der Waals surface area contributed by atoms with Gasteiger partial charge in [0.25, 0.3) is 0 Å². The number of ether oxygens (including phenoxy) is 1. The Morgan fingerprint density at radius 2 is 2.11 bits per heavy atom. The van der Waals surface area contributed by atoms with Crippen LogP contribution in [0.3, 0.4) is 0 Å². The van der Waals surface area contributed by atoms with Crippen molar-refractivity contribution in [2.45, 2.75) is 51.7 Å². The molecule has 2 fully saturated rings. The summed E-state index contributed by atoms with van der Waals surface area (Å²) >= 11 is 0. The van der Waals surface area contributed by atoms with Crippen molar-refractivity contribution in [3.05, 3.63) is 0 Å². The summed E-state index contributed by atoms with van der Waals surface area (Å²) in [5.41, 5.74) is 0. The first-order chi connectivity index (χ1) is 8.66. The van der Waals surface area contributed by atoms with Crippen LogP contribution in [-0.4, -0.2) is 50.3 Å². The topological polar surface area (TPSA) is 24.5 Å². The van der Waals surface area contributed by atoms with Gasteiger partial charge in [-0.05, 0) is 57.7 Å². The minimum absolute atomic E-state index is 0.500. The zero-order valence-corrected chi connectivity index (χ0v) is 12.3. The second kappa shape index (κ2) is 6.88. The van der Waals surface area contributed by atoms with Crippen molar-refractivity contribution >= 4 is 0 Å². The van der Waals surface area contributed by atoms with E-state index >= 15 is 0 Å².